The zero-order valence-corrected chi connectivity index (χ0v) is 10.5. The summed E-state index contributed by atoms with van der Waals surface area (Å²) in [5.74, 6) is 0.829. The van der Waals surface area contributed by atoms with Gasteiger partial charge in [-0.25, -0.2) is 0 Å². The molecule has 0 aliphatic carbocycles. The Morgan fingerprint density at radius 2 is 2.47 bits per heavy atom. The summed E-state index contributed by atoms with van der Waals surface area (Å²) in [6, 6.07) is 2.21. The quantitative estimate of drug-likeness (QED) is 0.829. The summed E-state index contributed by atoms with van der Waals surface area (Å²) >= 11 is 0. The fourth-order valence-corrected chi connectivity index (χ4v) is 2.24. The largest absolute Gasteiger partial charge is 0.313 e. The molecule has 2 heterocycles. The van der Waals surface area contributed by atoms with Crippen molar-refractivity contribution >= 4 is 11.7 Å². The molecule has 1 fully saturated rings. The number of aryl methyl sites for hydroxylation is 2. The van der Waals surface area contributed by atoms with E-state index in [0.717, 1.165) is 24.5 Å². The molecule has 0 spiro atoms. The molecular weight excluding hydrogens is 216 g/mol. The molecule has 1 aromatic heterocycles. The van der Waals surface area contributed by atoms with Crippen LogP contribution in [-0.2, 0) is 11.8 Å². The van der Waals surface area contributed by atoms with Crippen LogP contribution in [0.25, 0.3) is 0 Å². The molecule has 0 radical (unpaired) electrons. The second-order valence-electron chi connectivity index (χ2n) is 4.69. The van der Waals surface area contributed by atoms with E-state index in [9.17, 15) is 4.79 Å². The van der Waals surface area contributed by atoms with Gasteiger partial charge in [0.1, 0.15) is 5.82 Å². The Morgan fingerprint density at radius 3 is 3.06 bits per heavy atom. The Hall–Kier alpha value is -1.36. The minimum absolute atomic E-state index is 0.0624. The average Bonchev–Trinajstić information content (AvgIpc) is 2.58. The second kappa shape index (κ2) is 5.31. The third-order valence-corrected chi connectivity index (χ3v) is 3.11. The summed E-state index contributed by atoms with van der Waals surface area (Å²) < 4.78 is 1.70. The van der Waals surface area contributed by atoms with Gasteiger partial charge in [0.2, 0.25) is 5.91 Å². The predicted molar refractivity (Wildman–Crippen MR) is 66.8 cm³/mol. The van der Waals surface area contributed by atoms with Crippen molar-refractivity contribution in [3.8, 4) is 0 Å². The monoisotopic (exact) mass is 236 g/mol. The number of carbonyl (C=O) groups is 1. The number of hydrogen-bond donors (Lipinski definition) is 2. The lowest BCUT2D eigenvalue weighted by Gasteiger charge is -2.22. The summed E-state index contributed by atoms with van der Waals surface area (Å²) in [5.41, 5.74) is 0.915. The summed E-state index contributed by atoms with van der Waals surface area (Å²) in [6.07, 6.45) is 4.08. The summed E-state index contributed by atoms with van der Waals surface area (Å²) in [4.78, 5) is 11.8. The first-order chi connectivity index (χ1) is 8.15. The number of nitrogens with zero attached hydrogens (tertiary/aromatic N) is 2. The van der Waals surface area contributed by atoms with Gasteiger partial charge in [0, 0.05) is 25.6 Å². The van der Waals surface area contributed by atoms with Crippen LogP contribution < -0.4 is 10.6 Å². The van der Waals surface area contributed by atoms with E-state index in [0.29, 0.717) is 12.5 Å². The summed E-state index contributed by atoms with van der Waals surface area (Å²) in [7, 11) is 1.83. The minimum Gasteiger partial charge on any atom is -0.313 e. The Bertz CT molecular complexity index is 393. The van der Waals surface area contributed by atoms with Gasteiger partial charge in [-0.2, -0.15) is 5.10 Å². The normalized spacial score (nSPS) is 20.2. The zero-order valence-electron chi connectivity index (χ0n) is 10.5. The average molecular weight is 236 g/mol. The highest BCUT2D eigenvalue weighted by Gasteiger charge is 2.17. The first-order valence-corrected chi connectivity index (χ1v) is 6.19. The number of hydrogen-bond acceptors (Lipinski definition) is 3. The number of rotatable bonds is 3. The standard InChI is InChI=1S/C12H20N4O/c1-9-7-11(16(2)15-9)14-12(17)8-10-5-3-4-6-13-10/h7,10,13H,3-6,8H2,1-2H3,(H,14,17). The van der Waals surface area contributed by atoms with E-state index >= 15 is 0 Å². The van der Waals surface area contributed by atoms with Crippen LogP contribution in [0.15, 0.2) is 6.07 Å². The van der Waals surface area contributed by atoms with Crippen LogP contribution in [0.1, 0.15) is 31.4 Å². The number of amides is 1. The van der Waals surface area contributed by atoms with Gasteiger partial charge in [0.25, 0.3) is 0 Å². The van der Waals surface area contributed by atoms with Crippen LogP contribution in [0.2, 0.25) is 0 Å². The van der Waals surface area contributed by atoms with E-state index < -0.39 is 0 Å². The van der Waals surface area contributed by atoms with Crippen LogP contribution in [0.3, 0.4) is 0 Å². The molecule has 0 bridgehead atoms. The number of piperidine rings is 1. The van der Waals surface area contributed by atoms with Crippen LogP contribution in [0.5, 0.6) is 0 Å². The second-order valence-corrected chi connectivity index (χ2v) is 4.69. The molecular formula is C12H20N4O. The highest BCUT2D eigenvalue weighted by Crippen LogP contribution is 2.12. The van der Waals surface area contributed by atoms with Crippen molar-refractivity contribution in [2.45, 2.75) is 38.6 Å². The predicted octanol–water partition coefficient (Wildman–Crippen LogP) is 1.20. The molecule has 1 aliphatic rings. The maximum absolute atomic E-state index is 11.8. The Morgan fingerprint density at radius 1 is 1.65 bits per heavy atom. The van der Waals surface area contributed by atoms with Crippen molar-refractivity contribution < 1.29 is 4.79 Å². The third kappa shape index (κ3) is 3.30. The van der Waals surface area contributed by atoms with Crippen LogP contribution in [0.4, 0.5) is 5.82 Å². The van der Waals surface area contributed by atoms with E-state index in [1.165, 1.54) is 12.8 Å². The Kier molecular flexibility index (Phi) is 3.78. The lowest BCUT2D eigenvalue weighted by atomic mass is 10.0. The number of nitrogens with one attached hydrogen (secondary N) is 2. The summed E-state index contributed by atoms with van der Waals surface area (Å²) in [6.45, 7) is 2.95. The molecule has 2 rings (SSSR count). The smallest absolute Gasteiger partial charge is 0.227 e. The number of anilines is 1. The summed E-state index contributed by atoms with van der Waals surface area (Å²) in [5, 5.41) is 10.5. The van der Waals surface area contributed by atoms with E-state index in [2.05, 4.69) is 15.7 Å². The molecule has 1 unspecified atom stereocenters. The van der Waals surface area contributed by atoms with Crippen LogP contribution in [-0.4, -0.2) is 28.3 Å². The first kappa shape index (κ1) is 12.1. The molecule has 5 nitrogen and oxygen atoms in total. The first-order valence-electron chi connectivity index (χ1n) is 6.19. The van der Waals surface area contributed by atoms with Gasteiger partial charge in [0.05, 0.1) is 5.69 Å². The van der Waals surface area contributed by atoms with Crippen molar-refractivity contribution in [3.63, 3.8) is 0 Å². The molecule has 1 aromatic rings. The highest BCUT2D eigenvalue weighted by atomic mass is 16.1. The molecule has 1 saturated heterocycles. The molecule has 5 heteroatoms. The van der Waals surface area contributed by atoms with Gasteiger partial charge in [-0.15, -0.1) is 0 Å². The molecule has 1 amide bonds. The highest BCUT2D eigenvalue weighted by molar-refractivity contribution is 5.90. The topological polar surface area (TPSA) is 59.0 Å². The van der Waals surface area contributed by atoms with Gasteiger partial charge >= 0.3 is 0 Å². The fraction of sp³-hybridized carbons (Fsp3) is 0.667. The maximum Gasteiger partial charge on any atom is 0.227 e. The Balaban J connectivity index is 1.86. The lowest BCUT2D eigenvalue weighted by Crippen LogP contribution is -2.37. The Labute approximate surface area is 102 Å². The molecule has 2 N–H and O–H groups in total. The molecule has 1 atom stereocenters. The SMILES string of the molecule is Cc1cc(NC(=O)CC2CCCCN2)n(C)n1. The van der Waals surface area contributed by atoms with E-state index in [1.807, 2.05) is 20.0 Å². The zero-order chi connectivity index (χ0) is 12.3. The van der Waals surface area contributed by atoms with Gasteiger partial charge in [-0.1, -0.05) is 6.42 Å². The van der Waals surface area contributed by atoms with Gasteiger partial charge in [0.15, 0.2) is 0 Å². The number of carbonyl (C=O) groups excluding carboxylic acids is 1. The number of aromatic nitrogens is 2. The van der Waals surface area contributed by atoms with Gasteiger partial charge < -0.3 is 10.6 Å². The van der Waals surface area contributed by atoms with Crippen LogP contribution >= 0.6 is 0 Å². The molecule has 0 saturated carbocycles. The molecule has 17 heavy (non-hydrogen) atoms. The van der Waals surface area contributed by atoms with Gasteiger partial charge in [-0.05, 0) is 26.3 Å². The fourth-order valence-electron chi connectivity index (χ4n) is 2.24. The molecule has 94 valence electrons. The van der Waals surface area contributed by atoms with Gasteiger partial charge in [-0.3, -0.25) is 9.48 Å². The minimum atomic E-state index is 0.0624. The van der Waals surface area contributed by atoms with E-state index in [1.54, 1.807) is 4.68 Å². The molecule has 0 aromatic carbocycles. The molecule has 1 aliphatic heterocycles. The van der Waals surface area contributed by atoms with E-state index in [-0.39, 0.29) is 5.91 Å². The van der Waals surface area contributed by atoms with Crippen molar-refractivity contribution in [1.29, 1.82) is 0 Å². The van der Waals surface area contributed by atoms with Crippen molar-refractivity contribution in [2.24, 2.45) is 7.05 Å². The van der Waals surface area contributed by atoms with Crippen molar-refractivity contribution in [1.82, 2.24) is 15.1 Å². The van der Waals surface area contributed by atoms with Crippen molar-refractivity contribution in [2.75, 3.05) is 11.9 Å². The maximum atomic E-state index is 11.8. The van der Waals surface area contributed by atoms with Crippen LogP contribution in [0, 0.1) is 6.92 Å². The van der Waals surface area contributed by atoms with Crippen molar-refractivity contribution in [3.05, 3.63) is 11.8 Å². The third-order valence-electron chi connectivity index (χ3n) is 3.11. The van der Waals surface area contributed by atoms with E-state index in [4.69, 9.17) is 0 Å². The lowest BCUT2D eigenvalue weighted by molar-refractivity contribution is -0.116.